The fraction of sp³-hybridized carbons (Fsp3) is 0.400. The van der Waals surface area contributed by atoms with Crippen LogP contribution in [0.2, 0.25) is 0 Å². The van der Waals surface area contributed by atoms with Crippen LogP contribution in [-0.2, 0) is 4.79 Å². The first-order valence-electron chi connectivity index (χ1n) is 2.87. The summed E-state index contributed by atoms with van der Waals surface area (Å²) in [7, 11) is -1.48. The summed E-state index contributed by atoms with van der Waals surface area (Å²) in [6, 6.07) is 0. The van der Waals surface area contributed by atoms with Crippen molar-refractivity contribution in [1.29, 1.82) is 0 Å². The molecule has 0 spiro atoms. The van der Waals surface area contributed by atoms with Crippen molar-refractivity contribution >= 4 is 13.1 Å². The summed E-state index contributed by atoms with van der Waals surface area (Å²) in [5.41, 5.74) is 0. The van der Waals surface area contributed by atoms with E-state index in [2.05, 4.69) is 0 Å². The zero-order valence-electron chi connectivity index (χ0n) is 5.40. The zero-order chi connectivity index (χ0) is 7.98. The van der Waals surface area contributed by atoms with Crippen molar-refractivity contribution in [2.75, 3.05) is 0 Å². The molecule has 0 aromatic heterocycles. The topological polar surface area (TPSA) is 77.8 Å². The predicted octanol–water partition coefficient (Wildman–Crippen LogP) is -0.581. The largest absolute Gasteiger partial charge is 0.481 e. The average molecular weight is 144 g/mol. The van der Waals surface area contributed by atoms with E-state index in [-0.39, 0.29) is 6.42 Å². The molecule has 0 saturated heterocycles. The molecule has 0 aliphatic heterocycles. The van der Waals surface area contributed by atoms with Crippen molar-refractivity contribution < 1.29 is 19.9 Å². The van der Waals surface area contributed by atoms with Crippen LogP contribution in [-0.4, -0.2) is 28.2 Å². The smallest absolute Gasteiger partial charge is 0.480 e. The number of carbonyl (C=O) groups is 1. The van der Waals surface area contributed by atoms with Crippen LogP contribution in [0.3, 0.4) is 0 Å². The number of hydrogen-bond acceptors (Lipinski definition) is 3. The van der Waals surface area contributed by atoms with Crippen molar-refractivity contribution in [1.82, 2.24) is 0 Å². The summed E-state index contributed by atoms with van der Waals surface area (Å²) in [5, 5.41) is 24.6. The van der Waals surface area contributed by atoms with Gasteiger partial charge < -0.3 is 15.2 Å². The van der Waals surface area contributed by atoms with Gasteiger partial charge in [-0.25, -0.2) is 0 Å². The van der Waals surface area contributed by atoms with Gasteiger partial charge in [0.25, 0.3) is 0 Å². The standard InChI is InChI=1S/C5H9BO4/c7-5(8)3-1-2-4-6(9)10/h2,4,9-10H,1,3H2,(H,7,8). The monoisotopic (exact) mass is 144 g/mol. The number of allylic oxidation sites excluding steroid dienone is 1. The molecule has 0 aliphatic rings. The van der Waals surface area contributed by atoms with E-state index in [4.69, 9.17) is 15.2 Å². The summed E-state index contributed by atoms with van der Waals surface area (Å²) < 4.78 is 0. The van der Waals surface area contributed by atoms with Gasteiger partial charge in [0.2, 0.25) is 0 Å². The van der Waals surface area contributed by atoms with Gasteiger partial charge in [-0.05, 0) is 6.42 Å². The summed E-state index contributed by atoms with van der Waals surface area (Å²) in [5.74, 6) is 0.236. The minimum absolute atomic E-state index is 0.0171. The molecule has 0 rings (SSSR count). The van der Waals surface area contributed by atoms with Gasteiger partial charge >= 0.3 is 13.1 Å². The molecule has 0 aromatic rings. The van der Waals surface area contributed by atoms with Crippen molar-refractivity contribution in [3.8, 4) is 0 Å². The number of rotatable bonds is 4. The third kappa shape index (κ3) is 7.19. The fourth-order valence-corrected chi connectivity index (χ4v) is 0.425. The van der Waals surface area contributed by atoms with Crippen LogP contribution in [0.1, 0.15) is 12.8 Å². The molecule has 0 fully saturated rings. The van der Waals surface area contributed by atoms with E-state index in [0.717, 1.165) is 5.98 Å². The van der Waals surface area contributed by atoms with E-state index < -0.39 is 13.1 Å². The van der Waals surface area contributed by atoms with Crippen LogP contribution < -0.4 is 0 Å². The van der Waals surface area contributed by atoms with Gasteiger partial charge in [-0.1, -0.05) is 12.1 Å². The van der Waals surface area contributed by atoms with Crippen LogP contribution in [0.25, 0.3) is 0 Å². The van der Waals surface area contributed by atoms with E-state index in [9.17, 15) is 4.79 Å². The second-order valence-electron chi connectivity index (χ2n) is 1.77. The molecule has 4 nitrogen and oxygen atoms in total. The van der Waals surface area contributed by atoms with Crippen LogP contribution in [0.15, 0.2) is 12.1 Å². The molecule has 0 unspecified atom stereocenters. The van der Waals surface area contributed by atoms with Gasteiger partial charge in [0.15, 0.2) is 0 Å². The molecule has 0 heterocycles. The number of aliphatic carboxylic acids is 1. The van der Waals surface area contributed by atoms with Gasteiger partial charge in [0.05, 0.1) is 0 Å². The Labute approximate surface area is 58.9 Å². The highest BCUT2D eigenvalue weighted by Gasteiger charge is 1.97. The first-order valence-corrected chi connectivity index (χ1v) is 2.87. The van der Waals surface area contributed by atoms with Gasteiger partial charge in [-0.2, -0.15) is 0 Å². The van der Waals surface area contributed by atoms with E-state index in [1.165, 1.54) is 6.08 Å². The van der Waals surface area contributed by atoms with E-state index in [0.29, 0.717) is 6.42 Å². The number of carboxylic acid groups (broad SMARTS) is 1. The maximum absolute atomic E-state index is 9.89. The molecule has 0 amide bonds. The lowest BCUT2D eigenvalue weighted by atomic mass is 9.91. The number of carboxylic acids is 1. The highest BCUT2D eigenvalue weighted by molar-refractivity contribution is 6.47. The first kappa shape index (κ1) is 9.19. The molecule has 0 aromatic carbocycles. The molecule has 3 N–H and O–H groups in total. The lowest BCUT2D eigenvalue weighted by Crippen LogP contribution is -2.05. The van der Waals surface area contributed by atoms with Crippen LogP contribution in [0.5, 0.6) is 0 Å². The Morgan fingerprint density at radius 3 is 2.50 bits per heavy atom. The summed E-state index contributed by atoms with van der Waals surface area (Å²) in [6.07, 6.45) is 1.76. The molecule has 0 bridgehead atoms. The van der Waals surface area contributed by atoms with Crippen LogP contribution in [0, 0.1) is 0 Å². The second kappa shape index (κ2) is 5.02. The van der Waals surface area contributed by atoms with Gasteiger partial charge in [-0.3, -0.25) is 4.79 Å². The average Bonchev–Trinajstić information content (AvgIpc) is 1.79. The third-order valence-electron chi connectivity index (χ3n) is 0.833. The Morgan fingerprint density at radius 2 is 2.10 bits per heavy atom. The Morgan fingerprint density at radius 1 is 1.50 bits per heavy atom. The predicted molar refractivity (Wildman–Crippen MR) is 36.2 cm³/mol. The minimum atomic E-state index is -1.48. The molecular weight excluding hydrogens is 135 g/mol. The molecule has 0 atom stereocenters. The molecular formula is C5H9BO4. The highest BCUT2D eigenvalue weighted by Crippen LogP contribution is 1.90. The third-order valence-corrected chi connectivity index (χ3v) is 0.833. The second-order valence-corrected chi connectivity index (χ2v) is 1.77. The molecule has 56 valence electrons. The Hall–Kier alpha value is -0.805. The molecule has 0 saturated carbocycles. The first-order chi connectivity index (χ1) is 4.63. The van der Waals surface area contributed by atoms with Gasteiger partial charge in [0, 0.05) is 6.42 Å². The van der Waals surface area contributed by atoms with Gasteiger partial charge in [-0.15, -0.1) is 0 Å². The molecule has 10 heavy (non-hydrogen) atoms. The zero-order valence-corrected chi connectivity index (χ0v) is 5.40. The summed E-state index contributed by atoms with van der Waals surface area (Å²) >= 11 is 0. The van der Waals surface area contributed by atoms with Crippen molar-refractivity contribution in [2.24, 2.45) is 0 Å². The minimum Gasteiger partial charge on any atom is -0.481 e. The Bertz CT molecular complexity index is 132. The van der Waals surface area contributed by atoms with E-state index >= 15 is 0 Å². The van der Waals surface area contributed by atoms with Crippen LogP contribution in [0.4, 0.5) is 0 Å². The van der Waals surface area contributed by atoms with Crippen molar-refractivity contribution in [3.05, 3.63) is 12.1 Å². The maximum Gasteiger partial charge on any atom is 0.480 e. The van der Waals surface area contributed by atoms with Crippen molar-refractivity contribution in [3.63, 3.8) is 0 Å². The number of hydrogen-bond donors (Lipinski definition) is 3. The lowest BCUT2D eigenvalue weighted by Gasteiger charge is -1.87. The Kier molecular flexibility index (Phi) is 4.61. The molecule has 0 aliphatic carbocycles. The Balaban J connectivity index is 3.27. The van der Waals surface area contributed by atoms with E-state index in [1.54, 1.807) is 0 Å². The summed E-state index contributed by atoms with van der Waals surface area (Å²) in [4.78, 5) is 9.89. The molecule has 5 heteroatoms. The summed E-state index contributed by atoms with van der Waals surface area (Å²) in [6.45, 7) is 0. The lowest BCUT2D eigenvalue weighted by molar-refractivity contribution is -0.136. The quantitative estimate of drug-likeness (QED) is 0.461. The fourth-order valence-electron chi connectivity index (χ4n) is 0.425. The highest BCUT2D eigenvalue weighted by atomic mass is 16.4. The van der Waals surface area contributed by atoms with Crippen molar-refractivity contribution in [2.45, 2.75) is 12.8 Å². The SMILES string of the molecule is O=C(O)CCC=CB(O)O. The van der Waals surface area contributed by atoms with E-state index in [1.807, 2.05) is 0 Å². The molecule has 0 radical (unpaired) electrons. The van der Waals surface area contributed by atoms with Gasteiger partial charge in [0.1, 0.15) is 0 Å². The van der Waals surface area contributed by atoms with Crippen LogP contribution >= 0.6 is 0 Å². The normalized spacial score (nSPS) is 10.2. The maximum atomic E-state index is 9.89.